The van der Waals surface area contributed by atoms with E-state index >= 15 is 0 Å². The molecule has 0 spiro atoms. The van der Waals surface area contributed by atoms with Crippen LogP contribution in [0.4, 0.5) is 18.9 Å². The maximum Gasteiger partial charge on any atom is 0.416 e. The minimum atomic E-state index is -4.46. The van der Waals surface area contributed by atoms with E-state index in [0.717, 1.165) is 60.6 Å². The monoisotopic (exact) mass is 507 g/mol. The molecular formula is C23H24F3N5O3S. The standard InChI is InChI=1S/C23H24F3N5O3S/c1-30-19-17(21(33)31(2)22(30)34)20(29-18(28-19)13-6-4-3-5-7-13)35-12-16(32)27-15-10-8-14(9-11-15)23(24,25)26/h8-11,13H,3-7,12H2,1-2H3,(H,27,32). The first kappa shape index (κ1) is 25.0. The lowest BCUT2D eigenvalue weighted by Crippen LogP contribution is -2.38. The number of thioether (sulfide) groups is 1. The molecule has 0 unspecified atom stereocenters. The first-order valence-electron chi connectivity index (χ1n) is 11.1. The van der Waals surface area contributed by atoms with Gasteiger partial charge in [0.1, 0.15) is 16.2 Å². The highest BCUT2D eigenvalue weighted by Crippen LogP contribution is 2.33. The van der Waals surface area contributed by atoms with E-state index in [1.807, 2.05) is 0 Å². The van der Waals surface area contributed by atoms with Crippen molar-refractivity contribution in [2.75, 3.05) is 11.1 Å². The summed E-state index contributed by atoms with van der Waals surface area (Å²) >= 11 is 1.03. The van der Waals surface area contributed by atoms with Crippen molar-refractivity contribution in [3.63, 3.8) is 0 Å². The van der Waals surface area contributed by atoms with Gasteiger partial charge in [0.2, 0.25) is 5.91 Å². The first-order chi connectivity index (χ1) is 16.6. The van der Waals surface area contributed by atoms with Crippen LogP contribution in [0.3, 0.4) is 0 Å². The van der Waals surface area contributed by atoms with Crippen molar-refractivity contribution in [1.82, 2.24) is 19.1 Å². The molecule has 35 heavy (non-hydrogen) atoms. The van der Waals surface area contributed by atoms with Gasteiger partial charge in [0.25, 0.3) is 5.56 Å². The summed E-state index contributed by atoms with van der Waals surface area (Å²) in [6, 6.07) is 4.14. The summed E-state index contributed by atoms with van der Waals surface area (Å²) in [6.45, 7) is 0. The van der Waals surface area contributed by atoms with Gasteiger partial charge in [0.05, 0.1) is 11.3 Å². The summed E-state index contributed by atoms with van der Waals surface area (Å²) in [5.41, 5.74) is -1.43. The number of hydrogen-bond donors (Lipinski definition) is 1. The molecule has 1 aromatic carbocycles. The van der Waals surface area contributed by atoms with Gasteiger partial charge >= 0.3 is 11.9 Å². The maximum absolute atomic E-state index is 12.9. The number of aryl methyl sites for hydroxylation is 1. The van der Waals surface area contributed by atoms with Gasteiger partial charge in [-0.05, 0) is 37.1 Å². The number of benzene rings is 1. The molecule has 1 aliphatic carbocycles. The highest BCUT2D eigenvalue weighted by Gasteiger charge is 2.30. The molecule has 1 fully saturated rings. The van der Waals surface area contributed by atoms with Crippen molar-refractivity contribution in [2.24, 2.45) is 14.1 Å². The van der Waals surface area contributed by atoms with E-state index in [1.54, 1.807) is 0 Å². The van der Waals surface area contributed by atoms with Crippen LogP contribution >= 0.6 is 11.8 Å². The number of halogens is 3. The molecule has 3 aromatic rings. The third-order valence-electron chi connectivity index (χ3n) is 6.09. The lowest BCUT2D eigenvalue weighted by atomic mass is 9.89. The molecule has 1 aliphatic rings. The van der Waals surface area contributed by atoms with Gasteiger partial charge in [-0.25, -0.2) is 14.8 Å². The largest absolute Gasteiger partial charge is 0.416 e. The van der Waals surface area contributed by atoms with Gasteiger partial charge < -0.3 is 5.32 Å². The van der Waals surface area contributed by atoms with Gasteiger partial charge in [-0.3, -0.25) is 18.7 Å². The van der Waals surface area contributed by atoms with Crippen molar-refractivity contribution >= 4 is 34.4 Å². The molecule has 2 aromatic heterocycles. The summed E-state index contributed by atoms with van der Waals surface area (Å²) in [6.07, 6.45) is 0.564. The van der Waals surface area contributed by atoms with Crippen molar-refractivity contribution in [1.29, 1.82) is 0 Å². The van der Waals surface area contributed by atoms with Crippen LogP contribution in [0, 0.1) is 0 Å². The molecule has 12 heteroatoms. The van der Waals surface area contributed by atoms with Gasteiger partial charge in [-0.1, -0.05) is 31.0 Å². The SMILES string of the molecule is Cn1c(=O)c2c(SCC(=O)Nc3ccc(C(F)(F)F)cc3)nc(C3CCCCC3)nc2n(C)c1=O. The van der Waals surface area contributed by atoms with E-state index in [4.69, 9.17) is 0 Å². The number of nitrogens with zero attached hydrogens (tertiary/aromatic N) is 4. The fraction of sp³-hybridized carbons (Fsp3) is 0.435. The zero-order valence-electron chi connectivity index (χ0n) is 19.2. The van der Waals surface area contributed by atoms with E-state index < -0.39 is 28.9 Å². The average Bonchev–Trinajstić information content (AvgIpc) is 2.84. The minimum absolute atomic E-state index is 0.104. The van der Waals surface area contributed by atoms with Crippen LogP contribution in [-0.2, 0) is 25.1 Å². The van der Waals surface area contributed by atoms with Crippen molar-refractivity contribution in [2.45, 2.75) is 49.2 Å². The summed E-state index contributed by atoms with van der Waals surface area (Å²) in [5, 5.41) is 3.01. The molecule has 4 rings (SSSR count). The van der Waals surface area contributed by atoms with Crippen LogP contribution in [0.1, 0.15) is 49.4 Å². The molecule has 0 atom stereocenters. The lowest BCUT2D eigenvalue weighted by Gasteiger charge is -2.21. The van der Waals surface area contributed by atoms with Crippen LogP contribution in [-0.4, -0.2) is 30.8 Å². The van der Waals surface area contributed by atoms with Crippen LogP contribution in [0.2, 0.25) is 0 Å². The van der Waals surface area contributed by atoms with Gasteiger partial charge in [0, 0.05) is 25.7 Å². The van der Waals surface area contributed by atoms with E-state index in [-0.39, 0.29) is 28.4 Å². The Kier molecular flexibility index (Phi) is 7.02. The zero-order valence-corrected chi connectivity index (χ0v) is 20.0. The molecule has 0 bridgehead atoms. The Morgan fingerprint density at radius 1 is 1.06 bits per heavy atom. The second-order valence-electron chi connectivity index (χ2n) is 8.54. The van der Waals surface area contributed by atoms with E-state index in [2.05, 4.69) is 15.3 Å². The predicted octanol–water partition coefficient (Wildman–Crippen LogP) is 3.82. The molecule has 2 heterocycles. The van der Waals surface area contributed by atoms with E-state index in [9.17, 15) is 27.6 Å². The van der Waals surface area contributed by atoms with E-state index in [0.29, 0.717) is 10.9 Å². The van der Waals surface area contributed by atoms with Crippen LogP contribution in [0.25, 0.3) is 11.0 Å². The van der Waals surface area contributed by atoms with Crippen molar-refractivity contribution < 1.29 is 18.0 Å². The maximum atomic E-state index is 12.9. The Hall–Kier alpha value is -3.15. The van der Waals surface area contributed by atoms with Crippen LogP contribution in [0.5, 0.6) is 0 Å². The predicted molar refractivity (Wildman–Crippen MR) is 127 cm³/mol. The summed E-state index contributed by atoms with van der Waals surface area (Å²) in [5.74, 6) is 0.0459. The number of carbonyl (C=O) groups excluding carboxylic acids is 1. The second kappa shape index (κ2) is 9.84. The summed E-state index contributed by atoms with van der Waals surface area (Å²) < 4.78 is 40.5. The molecule has 0 saturated heterocycles. The number of rotatable bonds is 5. The third-order valence-corrected chi connectivity index (χ3v) is 7.07. The molecule has 0 radical (unpaired) electrons. The van der Waals surface area contributed by atoms with Gasteiger partial charge in [0.15, 0.2) is 5.65 Å². The number of anilines is 1. The number of aromatic nitrogens is 4. The Morgan fingerprint density at radius 2 is 1.71 bits per heavy atom. The van der Waals surface area contributed by atoms with E-state index in [1.165, 1.54) is 30.8 Å². The van der Waals surface area contributed by atoms with Crippen LogP contribution in [0.15, 0.2) is 38.9 Å². The highest BCUT2D eigenvalue weighted by molar-refractivity contribution is 8.00. The quantitative estimate of drug-likeness (QED) is 0.416. The Labute approximate surface area is 202 Å². The number of hydrogen-bond acceptors (Lipinski definition) is 6. The topological polar surface area (TPSA) is 98.9 Å². The summed E-state index contributed by atoms with van der Waals surface area (Å²) in [7, 11) is 2.90. The van der Waals surface area contributed by atoms with Crippen molar-refractivity contribution in [3.05, 3.63) is 56.5 Å². The fourth-order valence-corrected chi connectivity index (χ4v) is 4.99. The average molecular weight is 508 g/mol. The zero-order chi connectivity index (χ0) is 25.3. The number of nitrogens with one attached hydrogen (secondary N) is 1. The fourth-order valence-electron chi connectivity index (χ4n) is 4.17. The van der Waals surface area contributed by atoms with Gasteiger partial charge in [-0.2, -0.15) is 13.2 Å². The number of amides is 1. The lowest BCUT2D eigenvalue weighted by molar-refractivity contribution is -0.137. The molecule has 1 amide bonds. The normalized spacial score (nSPS) is 14.9. The number of alkyl halides is 3. The van der Waals surface area contributed by atoms with Gasteiger partial charge in [-0.15, -0.1) is 0 Å². The molecular weight excluding hydrogens is 483 g/mol. The Morgan fingerprint density at radius 3 is 2.34 bits per heavy atom. The molecule has 0 aliphatic heterocycles. The third kappa shape index (κ3) is 5.26. The summed E-state index contributed by atoms with van der Waals surface area (Å²) in [4.78, 5) is 47.1. The highest BCUT2D eigenvalue weighted by atomic mass is 32.2. The molecule has 1 saturated carbocycles. The smallest absolute Gasteiger partial charge is 0.325 e. The second-order valence-corrected chi connectivity index (χ2v) is 9.50. The molecule has 8 nitrogen and oxygen atoms in total. The minimum Gasteiger partial charge on any atom is -0.325 e. The van der Waals surface area contributed by atoms with Crippen molar-refractivity contribution in [3.8, 4) is 0 Å². The first-order valence-corrected chi connectivity index (χ1v) is 12.1. The van der Waals surface area contributed by atoms with Crippen LogP contribution < -0.4 is 16.6 Å². The number of fused-ring (bicyclic) bond motifs is 1. The number of carbonyl (C=O) groups is 1. The Bertz CT molecular complexity index is 1380. The molecule has 186 valence electrons. The Balaban J connectivity index is 1.62. The molecule has 1 N–H and O–H groups in total.